The van der Waals surface area contributed by atoms with Gasteiger partial charge in [0.2, 0.25) is 0 Å². The Bertz CT molecular complexity index is 1290. The molecule has 2 aliphatic heterocycles. The second-order valence-corrected chi connectivity index (χ2v) is 10.0. The second-order valence-electron chi connectivity index (χ2n) is 10.0. The molecular formula is C32H34N2O3. The number of hydrogen-bond acceptors (Lipinski definition) is 4. The molecule has 0 spiro atoms. The first-order valence-electron chi connectivity index (χ1n) is 13.2. The third kappa shape index (κ3) is 5.52. The van der Waals surface area contributed by atoms with Crippen molar-refractivity contribution in [3.63, 3.8) is 0 Å². The average Bonchev–Trinajstić information content (AvgIpc) is 3.17. The molecule has 37 heavy (non-hydrogen) atoms. The van der Waals surface area contributed by atoms with Crippen molar-refractivity contribution >= 4 is 17.4 Å². The number of fused-ring (bicyclic) bond motifs is 1. The van der Waals surface area contributed by atoms with E-state index in [0.29, 0.717) is 24.3 Å². The van der Waals surface area contributed by atoms with E-state index >= 15 is 0 Å². The molecule has 0 N–H and O–H groups in total. The van der Waals surface area contributed by atoms with Gasteiger partial charge in [-0.1, -0.05) is 48.5 Å². The Hall–Kier alpha value is -3.70. The van der Waals surface area contributed by atoms with E-state index in [4.69, 9.17) is 4.74 Å². The number of nitrogens with zero attached hydrogens (tertiary/aromatic N) is 2. The number of aryl methyl sites for hydroxylation is 2. The minimum Gasteiger partial charge on any atom is -0.489 e. The molecule has 0 bridgehead atoms. The minimum atomic E-state index is -0.159. The number of rotatable bonds is 9. The van der Waals surface area contributed by atoms with Crippen molar-refractivity contribution in [2.24, 2.45) is 0 Å². The molecular weight excluding hydrogens is 460 g/mol. The van der Waals surface area contributed by atoms with E-state index < -0.39 is 0 Å². The molecule has 190 valence electrons. The predicted molar refractivity (Wildman–Crippen MR) is 147 cm³/mol. The van der Waals surface area contributed by atoms with Crippen LogP contribution in [0.15, 0.2) is 72.8 Å². The van der Waals surface area contributed by atoms with Gasteiger partial charge in [-0.05, 0) is 91.7 Å². The lowest BCUT2D eigenvalue weighted by Crippen LogP contribution is -2.32. The third-order valence-corrected chi connectivity index (χ3v) is 7.38. The molecule has 5 heteroatoms. The van der Waals surface area contributed by atoms with E-state index in [1.54, 1.807) is 12.1 Å². The molecule has 0 aromatic heterocycles. The van der Waals surface area contributed by atoms with Crippen LogP contribution >= 0.6 is 0 Å². The van der Waals surface area contributed by atoms with Crippen molar-refractivity contribution in [1.82, 2.24) is 9.80 Å². The summed E-state index contributed by atoms with van der Waals surface area (Å²) in [5, 5.41) is 0. The molecule has 0 saturated heterocycles. The zero-order valence-electron chi connectivity index (χ0n) is 21.7. The topological polar surface area (TPSA) is 49.9 Å². The monoisotopic (exact) mass is 494 g/mol. The summed E-state index contributed by atoms with van der Waals surface area (Å²) < 4.78 is 6.11. The molecule has 2 aliphatic rings. The number of imide groups is 1. The van der Waals surface area contributed by atoms with Gasteiger partial charge in [0.25, 0.3) is 11.8 Å². The van der Waals surface area contributed by atoms with Gasteiger partial charge in [-0.2, -0.15) is 0 Å². The molecule has 5 nitrogen and oxygen atoms in total. The summed E-state index contributed by atoms with van der Waals surface area (Å²) >= 11 is 0. The van der Waals surface area contributed by atoms with Gasteiger partial charge in [0.1, 0.15) is 12.4 Å². The van der Waals surface area contributed by atoms with Crippen molar-refractivity contribution in [2.75, 3.05) is 26.2 Å². The largest absolute Gasteiger partial charge is 0.489 e. The Morgan fingerprint density at radius 1 is 0.784 bits per heavy atom. The zero-order chi connectivity index (χ0) is 25.8. The molecule has 3 aromatic carbocycles. The molecule has 0 fully saturated rings. The van der Waals surface area contributed by atoms with Gasteiger partial charge in [-0.15, -0.1) is 0 Å². The van der Waals surface area contributed by atoms with Gasteiger partial charge in [0, 0.05) is 19.6 Å². The number of carbonyl (C=O) groups is 2. The highest BCUT2D eigenvalue weighted by molar-refractivity contribution is 6.21. The lowest BCUT2D eigenvalue weighted by Gasteiger charge is -2.27. The number of carbonyl (C=O) groups excluding carboxylic acids is 2. The summed E-state index contributed by atoms with van der Waals surface area (Å²) in [6, 6.07) is 21.8. The van der Waals surface area contributed by atoms with Crippen LogP contribution in [0.4, 0.5) is 0 Å². The fourth-order valence-corrected chi connectivity index (χ4v) is 5.23. The van der Waals surface area contributed by atoms with Crippen LogP contribution in [0, 0.1) is 13.8 Å². The highest BCUT2D eigenvalue weighted by Gasteiger charge is 2.34. The molecule has 2 amide bonds. The first kappa shape index (κ1) is 25.0. The molecule has 3 aromatic rings. The van der Waals surface area contributed by atoms with Crippen LogP contribution in [-0.4, -0.2) is 47.8 Å². The van der Waals surface area contributed by atoms with Crippen LogP contribution in [0.3, 0.4) is 0 Å². The smallest absolute Gasteiger partial charge is 0.261 e. The first-order chi connectivity index (χ1) is 18.0. The van der Waals surface area contributed by atoms with Crippen LogP contribution in [0.5, 0.6) is 5.75 Å². The van der Waals surface area contributed by atoms with Crippen molar-refractivity contribution < 1.29 is 14.3 Å². The standard InChI is InChI=1S/C32H34N2O3/c1-23-21-30(37-22-25-10-4-3-5-11-25)24(2)20-29(23)26-14-18-33(19-15-26)16-8-9-17-34-31(35)27-12-6-7-13-28(27)32(34)36/h3-7,10-14,20-21H,8-9,15-19,22H2,1-2H3. The molecule has 2 heterocycles. The first-order valence-corrected chi connectivity index (χ1v) is 13.2. The van der Waals surface area contributed by atoms with E-state index in [0.717, 1.165) is 50.2 Å². The number of ether oxygens (including phenoxy) is 1. The molecule has 0 radical (unpaired) electrons. The van der Waals surface area contributed by atoms with E-state index in [9.17, 15) is 9.59 Å². The Morgan fingerprint density at radius 2 is 1.46 bits per heavy atom. The van der Waals surface area contributed by atoms with Crippen molar-refractivity contribution in [1.29, 1.82) is 0 Å². The van der Waals surface area contributed by atoms with E-state index in [-0.39, 0.29) is 11.8 Å². The number of hydrogen-bond donors (Lipinski definition) is 0. The van der Waals surface area contributed by atoms with E-state index in [1.807, 2.05) is 30.3 Å². The van der Waals surface area contributed by atoms with Gasteiger partial charge < -0.3 is 4.74 Å². The van der Waals surface area contributed by atoms with E-state index in [1.165, 1.54) is 27.2 Å². The highest BCUT2D eigenvalue weighted by atomic mass is 16.5. The maximum absolute atomic E-state index is 12.5. The summed E-state index contributed by atoms with van der Waals surface area (Å²) in [6.07, 6.45) is 5.15. The summed E-state index contributed by atoms with van der Waals surface area (Å²) in [6.45, 7) is 8.25. The Kier molecular flexibility index (Phi) is 7.52. The SMILES string of the molecule is Cc1cc(C2=CCN(CCCCN3C(=O)c4ccccc4C3=O)CC2)c(C)cc1OCc1ccccc1. The zero-order valence-corrected chi connectivity index (χ0v) is 21.7. The van der Waals surface area contributed by atoms with Crippen LogP contribution in [0.2, 0.25) is 0 Å². The normalized spacial score (nSPS) is 15.6. The molecule has 0 saturated carbocycles. The lowest BCUT2D eigenvalue weighted by molar-refractivity contribution is 0.0650. The van der Waals surface area contributed by atoms with Crippen LogP contribution in [-0.2, 0) is 6.61 Å². The highest BCUT2D eigenvalue weighted by Crippen LogP contribution is 2.31. The van der Waals surface area contributed by atoms with E-state index in [2.05, 4.69) is 49.1 Å². The summed E-state index contributed by atoms with van der Waals surface area (Å²) in [5.74, 6) is 0.628. The number of amides is 2. The van der Waals surface area contributed by atoms with Crippen molar-refractivity contribution in [3.05, 3.63) is 106 Å². The fourth-order valence-electron chi connectivity index (χ4n) is 5.23. The summed E-state index contributed by atoms with van der Waals surface area (Å²) in [4.78, 5) is 28.9. The maximum atomic E-state index is 12.5. The molecule has 5 rings (SSSR count). The van der Waals surface area contributed by atoms with Crippen LogP contribution in [0.1, 0.15) is 62.2 Å². The second kappa shape index (κ2) is 11.1. The Morgan fingerprint density at radius 3 is 2.14 bits per heavy atom. The predicted octanol–water partition coefficient (Wildman–Crippen LogP) is 6.05. The van der Waals surface area contributed by atoms with Crippen molar-refractivity contribution in [3.8, 4) is 5.75 Å². The van der Waals surface area contributed by atoms with Crippen LogP contribution < -0.4 is 4.74 Å². The molecule has 0 unspecified atom stereocenters. The van der Waals surface area contributed by atoms with Crippen LogP contribution in [0.25, 0.3) is 5.57 Å². The lowest BCUT2D eigenvalue weighted by atomic mass is 9.93. The third-order valence-electron chi connectivity index (χ3n) is 7.38. The maximum Gasteiger partial charge on any atom is 0.261 e. The number of benzene rings is 3. The van der Waals surface area contributed by atoms with Gasteiger partial charge in [-0.3, -0.25) is 19.4 Å². The van der Waals surface area contributed by atoms with Crippen molar-refractivity contribution in [2.45, 2.75) is 39.7 Å². The molecule has 0 aliphatic carbocycles. The van der Waals surface area contributed by atoms with Gasteiger partial charge in [0.15, 0.2) is 0 Å². The van der Waals surface area contributed by atoms with Gasteiger partial charge >= 0.3 is 0 Å². The number of unbranched alkanes of at least 4 members (excludes halogenated alkanes) is 1. The average molecular weight is 495 g/mol. The Balaban J connectivity index is 1.11. The van der Waals surface area contributed by atoms with Gasteiger partial charge in [-0.25, -0.2) is 0 Å². The summed E-state index contributed by atoms with van der Waals surface area (Å²) in [5.41, 5.74) is 7.35. The Labute approximate surface area is 219 Å². The fraction of sp³-hybridized carbons (Fsp3) is 0.312. The quantitative estimate of drug-likeness (QED) is 0.269. The molecule has 0 atom stereocenters. The minimum absolute atomic E-state index is 0.159. The van der Waals surface area contributed by atoms with Gasteiger partial charge in [0.05, 0.1) is 11.1 Å². The summed E-state index contributed by atoms with van der Waals surface area (Å²) in [7, 11) is 0.